The first-order valence-electron chi connectivity index (χ1n) is 2.11. The maximum atomic E-state index is 9.47. The van der Waals surface area contributed by atoms with Gasteiger partial charge in [0.2, 0.25) is 0 Å². The average Bonchev–Trinajstić information content (AvgIpc) is 1.30. The average molecular weight is 209 g/mol. The van der Waals surface area contributed by atoms with E-state index in [1.807, 2.05) is 0 Å². The second-order valence-electron chi connectivity index (χ2n) is 2.30. The third kappa shape index (κ3) is 9.51. The molecule has 0 heterocycles. The van der Waals surface area contributed by atoms with Crippen LogP contribution in [0.3, 0.4) is 0 Å². The topological polar surface area (TPSA) is 26.3 Å². The van der Waals surface area contributed by atoms with Crippen LogP contribution in [0.1, 0.15) is 20.8 Å². The SMILES string of the molecule is CC(C)(C)O[C-]=O.[Ag+]. The fraction of sp³-hybridized carbons (Fsp3) is 0.800. The van der Waals surface area contributed by atoms with Gasteiger partial charge < -0.3 is 9.53 Å². The summed E-state index contributed by atoms with van der Waals surface area (Å²) in [4.78, 5) is 9.47. The van der Waals surface area contributed by atoms with Crippen molar-refractivity contribution >= 4 is 6.47 Å². The molecule has 0 aliphatic rings. The Morgan fingerprint density at radius 3 is 1.75 bits per heavy atom. The summed E-state index contributed by atoms with van der Waals surface area (Å²) in [5.41, 5.74) is -0.373. The van der Waals surface area contributed by atoms with Crippen molar-refractivity contribution in [3.63, 3.8) is 0 Å². The van der Waals surface area contributed by atoms with Crippen molar-refractivity contribution in [1.29, 1.82) is 0 Å². The molecule has 0 N–H and O–H groups in total. The molecule has 0 saturated carbocycles. The molecule has 2 nitrogen and oxygen atoms in total. The number of rotatable bonds is 1. The minimum Gasteiger partial charge on any atom is -0.649 e. The van der Waals surface area contributed by atoms with Crippen LogP contribution in [0.5, 0.6) is 0 Å². The summed E-state index contributed by atoms with van der Waals surface area (Å²) >= 11 is 0. The molecule has 0 rings (SSSR count). The third-order valence-corrected chi connectivity index (χ3v) is 0.348. The Hall–Kier alpha value is 0.210. The maximum Gasteiger partial charge on any atom is 1.00 e. The van der Waals surface area contributed by atoms with Gasteiger partial charge in [-0.2, -0.15) is 0 Å². The van der Waals surface area contributed by atoms with Crippen LogP contribution in [0, 0.1) is 0 Å². The molecule has 0 atom stereocenters. The number of ether oxygens (including phenoxy) is 1. The van der Waals surface area contributed by atoms with Gasteiger partial charge in [0.25, 0.3) is 0 Å². The molecule has 0 aromatic carbocycles. The normalized spacial score (nSPS) is 9.38. The van der Waals surface area contributed by atoms with Gasteiger partial charge in [-0.1, -0.05) is 6.47 Å². The predicted octanol–water partition coefficient (Wildman–Crippen LogP) is 0.866. The van der Waals surface area contributed by atoms with Crippen molar-refractivity contribution in [3.05, 3.63) is 0 Å². The van der Waals surface area contributed by atoms with Gasteiger partial charge >= 0.3 is 22.4 Å². The molecule has 0 amide bonds. The Morgan fingerprint density at radius 2 is 1.75 bits per heavy atom. The van der Waals surface area contributed by atoms with Crippen LogP contribution >= 0.6 is 0 Å². The van der Waals surface area contributed by atoms with Gasteiger partial charge in [-0.3, -0.25) is 0 Å². The zero-order valence-electron chi connectivity index (χ0n) is 5.12. The van der Waals surface area contributed by atoms with Crippen molar-refractivity contribution in [2.24, 2.45) is 0 Å². The van der Waals surface area contributed by atoms with Crippen LogP contribution in [-0.4, -0.2) is 12.1 Å². The van der Waals surface area contributed by atoms with E-state index in [4.69, 9.17) is 0 Å². The Bertz CT molecular complexity index is 65.3. The number of hydrogen-bond donors (Lipinski definition) is 0. The van der Waals surface area contributed by atoms with Crippen molar-refractivity contribution in [3.8, 4) is 0 Å². The van der Waals surface area contributed by atoms with E-state index < -0.39 is 0 Å². The van der Waals surface area contributed by atoms with Crippen molar-refractivity contribution in [2.45, 2.75) is 26.4 Å². The second-order valence-corrected chi connectivity index (χ2v) is 2.30. The molecule has 0 aliphatic carbocycles. The molecule has 0 saturated heterocycles. The monoisotopic (exact) mass is 208 g/mol. The molecule has 8 heavy (non-hydrogen) atoms. The second kappa shape index (κ2) is 4.13. The molecule has 0 bridgehead atoms. The molecular formula is C5H9AgO2. The smallest absolute Gasteiger partial charge is 0.649 e. The molecular weight excluding hydrogens is 200 g/mol. The molecule has 0 radical (unpaired) electrons. The first-order chi connectivity index (χ1) is 3.06. The van der Waals surface area contributed by atoms with Crippen molar-refractivity contribution < 1.29 is 31.9 Å². The Morgan fingerprint density at radius 1 is 1.38 bits per heavy atom. The van der Waals surface area contributed by atoms with E-state index in [2.05, 4.69) is 4.74 Å². The van der Waals surface area contributed by atoms with Crippen LogP contribution in [0.25, 0.3) is 0 Å². The fourth-order valence-corrected chi connectivity index (χ4v) is 0.125. The first-order valence-corrected chi connectivity index (χ1v) is 2.11. The Kier molecular flexibility index (Phi) is 5.71. The molecule has 3 heteroatoms. The van der Waals surface area contributed by atoms with E-state index >= 15 is 0 Å². The van der Waals surface area contributed by atoms with E-state index in [9.17, 15) is 4.79 Å². The summed E-state index contributed by atoms with van der Waals surface area (Å²) in [6.45, 7) is 6.73. The van der Waals surface area contributed by atoms with E-state index in [1.165, 1.54) is 6.47 Å². The van der Waals surface area contributed by atoms with Crippen LogP contribution < -0.4 is 0 Å². The van der Waals surface area contributed by atoms with E-state index in [0.29, 0.717) is 0 Å². The Labute approximate surface area is 65.1 Å². The zero-order chi connectivity index (χ0) is 5.91. The fourth-order valence-electron chi connectivity index (χ4n) is 0.125. The standard InChI is InChI=1S/C5H9O2.Ag/c1-5(2,3)7-4-6;/h1-3H3;/q-1;+1. The van der Waals surface area contributed by atoms with E-state index in [0.717, 1.165) is 0 Å². The zero-order valence-corrected chi connectivity index (χ0v) is 6.60. The van der Waals surface area contributed by atoms with E-state index in [-0.39, 0.29) is 28.0 Å². The van der Waals surface area contributed by atoms with Gasteiger partial charge in [-0.15, -0.1) is 0 Å². The van der Waals surface area contributed by atoms with Gasteiger partial charge in [0.15, 0.2) is 0 Å². The van der Waals surface area contributed by atoms with Gasteiger partial charge in [0, 0.05) is 0 Å². The van der Waals surface area contributed by atoms with Crippen LogP contribution in [0.2, 0.25) is 0 Å². The van der Waals surface area contributed by atoms with Crippen LogP contribution in [0.15, 0.2) is 0 Å². The van der Waals surface area contributed by atoms with Gasteiger partial charge in [0.05, 0.1) is 5.60 Å². The quantitative estimate of drug-likeness (QED) is 0.473. The van der Waals surface area contributed by atoms with Crippen molar-refractivity contribution in [2.75, 3.05) is 0 Å². The summed E-state index contributed by atoms with van der Waals surface area (Å²) < 4.78 is 4.42. The van der Waals surface area contributed by atoms with E-state index in [1.54, 1.807) is 20.8 Å². The Balaban J connectivity index is 0. The molecule has 0 spiro atoms. The summed E-state index contributed by atoms with van der Waals surface area (Å²) in [5.74, 6) is 0. The van der Waals surface area contributed by atoms with Crippen LogP contribution in [-0.2, 0) is 31.9 Å². The summed E-state index contributed by atoms with van der Waals surface area (Å²) in [6.07, 6.45) is 0. The summed E-state index contributed by atoms with van der Waals surface area (Å²) in [6, 6.07) is 0. The molecule has 0 aliphatic heterocycles. The largest absolute Gasteiger partial charge is 1.00 e. The molecule has 0 aromatic heterocycles. The third-order valence-electron chi connectivity index (χ3n) is 0.348. The summed E-state index contributed by atoms with van der Waals surface area (Å²) in [5, 5.41) is 0. The minimum atomic E-state index is -0.373. The predicted molar refractivity (Wildman–Crippen MR) is 26.5 cm³/mol. The van der Waals surface area contributed by atoms with Gasteiger partial charge in [-0.05, 0) is 20.8 Å². The maximum absolute atomic E-state index is 9.47. The minimum absolute atomic E-state index is 0. The summed E-state index contributed by atoms with van der Waals surface area (Å²) in [7, 11) is 0. The molecule has 0 aromatic rings. The van der Waals surface area contributed by atoms with Crippen LogP contribution in [0.4, 0.5) is 0 Å². The van der Waals surface area contributed by atoms with Gasteiger partial charge in [-0.25, -0.2) is 0 Å². The molecule has 52 valence electrons. The van der Waals surface area contributed by atoms with Gasteiger partial charge in [0.1, 0.15) is 0 Å². The first kappa shape index (κ1) is 11.1. The molecule has 0 fully saturated rings. The number of carbonyl (C=O) groups excluding carboxylic acids is 1. The molecule has 0 unspecified atom stereocenters. The van der Waals surface area contributed by atoms with Crippen molar-refractivity contribution in [1.82, 2.24) is 0 Å². The number of hydrogen-bond acceptors (Lipinski definition) is 2.